The summed E-state index contributed by atoms with van der Waals surface area (Å²) in [6.07, 6.45) is 1.69. The number of likely N-dealkylation sites (tertiary alicyclic amines) is 1. The van der Waals surface area contributed by atoms with E-state index in [9.17, 15) is 9.90 Å². The molecule has 1 fully saturated rings. The Bertz CT molecular complexity index is 467. The third-order valence-electron chi connectivity index (χ3n) is 3.19. The molecule has 98 valence electrons. The normalized spacial score (nSPS) is 24.1. The maximum atomic E-state index is 12.2. The number of piperidine rings is 1. The quantitative estimate of drug-likeness (QED) is 0.807. The number of carbonyl (C=O) groups excluding carboxylic acids is 1. The molecule has 1 aromatic heterocycles. The molecule has 0 radical (unpaired) electrons. The zero-order valence-electron chi connectivity index (χ0n) is 9.94. The second-order valence-electron chi connectivity index (χ2n) is 4.58. The molecular weight excluding hydrogens is 275 g/mol. The summed E-state index contributed by atoms with van der Waals surface area (Å²) in [5, 5.41) is 10.1. The highest BCUT2D eigenvalue weighted by atomic mass is 35.5. The number of halogens is 2. The van der Waals surface area contributed by atoms with Crippen molar-refractivity contribution in [2.45, 2.75) is 19.4 Å². The summed E-state index contributed by atoms with van der Waals surface area (Å²) in [5.41, 5.74) is 0.424. The first-order chi connectivity index (χ1) is 8.49. The van der Waals surface area contributed by atoms with Gasteiger partial charge in [0, 0.05) is 19.3 Å². The van der Waals surface area contributed by atoms with E-state index in [2.05, 4.69) is 4.98 Å². The Labute approximate surface area is 116 Å². The van der Waals surface area contributed by atoms with E-state index in [1.165, 1.54) is 12.3 Å². The lowest BCUT2D eigenvalue weighted by Crippen LogP contribution is -2.45. The zero-order chi connectivity index (χ0) is 13.3. The summed E-state index contributed by atoms with van der Waals surface area (Å²) < 4.78 is 0. The predicted molar refractivity (Wildman–Crippen MR) is 69.9 cm³/mol. The van der Waals surface area contributed by atoms with Gasteiger partial charge in [0.25, 0.3) is 5.91 Å². The van der Waals surface area contributed by atoms with Crippen molar-refractivity contribution >= 4 is 29.1 Å². The molecule has 0 aliphatic carbocycles. The van der Waals surface area contributed by atoms with Crippen LogP contribution in [-0.2, 0) is 0 Å². The van der Waals surface area contributed by atoms with Gasteiger partial charge in [-0.1, -0.05) is 30.1 Å². The number of nitrogens with zero attached hydrogens (tertiary/aromatic N) is 2. The summed E-state index contributed by atoms with van der Waals surface area (Å²) in [6.45, 7) is 3.02. The minimum absolute atomic E-state index is 0.0819. The third kappa shape index (κ3) is 2.76. The molecule has 18 heavy (non-hydrogen) atoms. The first-order valence-electron chi connectivity index (χ1n) is 5.77. The summed E-state index contributed by atoms with van der Waals surface area (Å²) in [6, 6.07) is 1.52. The van der Waals surface area contributed by atoms with Crippen LogP contribution in [0.1, 0.15) is 23.7 Å². The van der Waals surface area contributed by atoms with Crippen LogP contribution in [0.2, 0.25) is 10.2 Å². The van der Waals surface area contributed by atoms with Crippen molar-refractivity contribution in [2.75, 3.05) is 13.1 Å². The van der Waals surface area contributed by atoms with Crippen LogP contribution in [0.3, 0.4) is 0 Å². The number of carbonyl (C=O) groups is 1. The highest BCUT2D eigenvalue weighted by Gasteiger charge is 2.28. The molecule has 1 N–H and O–H groups in total. The number of aliphatic hydroxyl groups excluding tert-OH is 1. The van der Waals surface area contributed by atoms with Crippen LogP contribution >= 0.6 is 23.2 Å². The number of hydrogen-bond acceptors (Lipinski definition) is 3. The molecule has 1 aromatic rings. The maximum absolute atomic E-state index is 12.2. The first-order valence-corrected chi connectivity index (χ1v) is 6.53. The Morgan fingerprint density at radius 1 is 1.56 bits per heavy atom. The molecule has 2 heterocycles. The fourth-order valence-corrected chi connectivity index (χ4v) is 2.31. The van der Waals surface area contributed by atoms with Gasteiger partial charge in [-0.25, -0.2) is 4.98 Å². The topological polar surface area (TPSA) is 53.4 Å². The summed E-state index contributed by atoms with van der Waals surface area (Å²) in [5.74, 6) is -0.0433. The van der Waals surface area contributed by atoms with Gasteiger partial charge in [-0.2, -0.15) is 0 Å². The molecule has 1 aliphatic heterocycles. The highest BCUT2D eigenvalue weighted by Crippen LogP contribution is 2.22. The summed E-state index contributed by atoms with van der Waals surface area (Å²) >= 11 is 11.6. The van der Waals surface area contributed by atoms with E-state index in [4.69, 9.17) is 23.2 Å². The number of pyridine rings is 1. The fourth-order valence-electron chi connectivity index (χ4n) is 2.04. The van der Waals surface area contributed by atoms with Crippen molar-refractivity contribution < 1.29 is 9.90 Å². The van der Waals surface area contributed by atoms with Gasteiger partial charge in [0.2, 0.25) is 0 Å². The maximum Gasteiger partial charge on any atom is 0.255 e. The molecule has 1 aliphatic rings. The molecule has 2 unspecified atom stereocenters. The monoisotopic (exact) mass is 288 g/mol. The largest absolute Gasteiger partial charge is 0.393 e. The van der Waals surface area contributed by atoms with Crippen LogP contribution in [0.15, 0.2) is 12.3 Å². The van der Waals surface area contributed by atoms with Crippen LogP contribution in [0.4, 0.5) is 0 Å². The molecular formula is C12H14Cl2N2O2. The molecule has 2 rings (SSSR count). The number of rotatable bonds is 1. The van der Waals surface area contributed by atoms with Crippen molar-refractivity contribution in [1.82, 2.24) is 9.88 Å². The smallest absolute Gasteiger partial charge is 0.255 e. The molecule has 1 amide bonds. The lowest BCUT2D eigenvalue weighted by atomic mass is 9.96. The number of aromatic nitrogens is 1. The van der Waals surface area contributed by atoms with E-state index in [1.54, 1.807) is 4.90 Å². The van der Waals surface area contributed by atoms with Crippen molar-refractivity contribution in [2.24, 2.45) is 5.92 Å². The predicted octanol–water partition coefficient (Wildman–Crippen LogP) is 2.23. The average Bonchev–Trinajstić information content (AvgIpc) is 2.35. The fraction of sp³-hybridized carbons (Fsp3) is 0.500. The molecule has 6 heteroatoms. The molecule has 0 bridgehead atoms. The van der Waals surface area contributed by atoms with Gasteiger partial charge in [0.05, 0.1) is 16.7 Å². The van der Waals surface area contributed by atoms with E-state index < -0.39 is 0 Å². The Morgan fingerprint density at radius 2 is 2.28 bits per heavy atom. The standard InChI is InChI=1S/C12H14Cl2N2O2/c1-7-6-16(3-2-10(7)17)12(18)8-4-9(13)11(14)15-5-8/h4-5,7,10,17H,2-3,6H2,1H3. The van der Waals surface area contributed by atoms with Gasteiger partial charge in [0.1, 0.15) is 5.15 Å². The van der Waals surface area contributed by atoms with Gasteiger partial charge in [-0.05, 0) is 18.4 Å². The SMILES string of the molecule is CC1CN(C(=O)c2cnc(Cl)c(Cl)c2)CCC1O. The van der Waals surface area contributed by atoms with Gasteiger partial charge < -0.3 is 10.0 Å². The molecule has 2 atom stereocenters. The van der Waals surface area contributed by atoms with Gasteiger partial charge in [0.15, 0.2) is 0 Å². The first kappa shape index (κ1) is 13.6. The number of hydrogen-bond donors (Lipinski definition) is 1. The minimum atomic E-state index is -0.332. The Kier molecular flexibility index (Phi) is 4.10. The summed E-state index contributed by atoms with van der Waals surface area (Å²) in [7, 11) is 0. The second kappa shape index (κ2) is 5.43. The van der Waals surface area contributed by atoms with Crippen molar-refractivity contribution in [3.05, 3.63) is 28.0 Å². The van der Waals surface area contributed by atoms with Crippen LogP contribution in [0.25, 0.3) is 0 Å². The average molecular weight is 289 g/mol. The Hall–Kier alpha value is -0.840. The van der Waals surface area contributed by atoms with E-state index in [0.29, 0.717) is 25.1 Å². The number of amides is 1. The third-order valence-corrected chi connectivity index (χ3v) is 3.88. The Morgan fingerprint density at radius 3 is 2.89 bits per heavy atom. The zero-order valence-corrected chi connectivity index (χ0v) is 11.4. The minimum Gasteiger partial charge on any atom is -0.393 e. The molecule has 0 aromatic carbocycles. The molecule has 0 saturated carbocycles. The summed E-state index contributed by atoms with van der Waals surface area (Å²) in [4.78, 5) is 17.8. The van der Waals surface area contributed by atoms with E-state index in [-0.39, 0.29) is 28.1 Å². The van der Waals surface area contributed by atoms with E-state index >= 15 is 0 Å². The van der Waals surface area contributed by atoms with Crippen molar-refractivity contribution in [3.63, 3.8) is 0 Å². The van der Waals surface area contributed by atoms with Crippen molar-refractivity contribution in [1.29, 1.82) is 0 Å². The molecule has 4 nitrogen and oxygen atoms in total. The lowest BCUT2D eigenvalue weighted by molar-refractivity contribution is 0.0297. The van der Waals surface area contributed by atoms with Crippen LogP contribution in [-0.4, -0.2) is 40.1 Å². The Balaban J connectivity index is 2.14. The van der Waals surface area contributed by atoms with Gasteiger partial charge >= 0.3 is 0 Å². The highest BCUT2D eigenvalue weighted by molar-refractivity contribution is 6.41. The lowest BCUT2D eigenvalue weighted by Gasteiger charge is -2.34. The van der Waals surface area contributed by atoms with Crippen LogP contribution in [0.5, 0.6) is 0 Å². The number of aliphatic hydroxyl groups is 1. The molecule has 1 saturated heterocycles. The van der Waals surface area contributed by atoms with Crippen LogP contribution < -0.4 is 0 Å². The van der Waals surface area contributed by atoms with Crippen LogP contribution in [0, 0.1) is 5.92 Å². The van der Waals surface area contributed by atoms with Gasteiger partial charge in [-0.15, -0.1) is 0 Å². The van der Waals surface area contributed by atoms with E-state index in [1.807, 2.05) is 6.92 Å². The van der Waals surface area contributed by atoms with Crippen molar-refractivity contribution in [3.8, 4) is 0 Å². The van der Waals surface area contributed by atoms with Gasteiger partial charge in [-0.3, -0.25) is 4.79 Å². The molecule has 0 spiro atoms. The van der Waals surface area contributed by atoms with E-state index in [0.717, 1.165) is 0 Å². The second-order valence-corrected chi connectivity index (χ2v) is 5.35.